The van der Waals surface area contributed by atoms with Crippen LogP contribution >= 0.6 is 0 Å². The lowest BCUT2D eigenvalue weighted by molar-refractivity contribution is 0.128. The highest BCUT2D eigenvalue weighted by Crippen LogP contribution is 2.21. The number of halogens is 1. The molecule has 0 unspecified atom stereocenters. The van der Waals surface area contributed by atoms with Crippen LogP contribution in [0.2, 0.25) is 0 Å². The molecule has 1 aliphatic rings. The Morgan fingerprint density at radius 1 is 1.10 bits per heavy atom. The lowest BCUT2D eigenvalue weighted by Crippen LogP contribution is -2.42. The first-order valence-corrected chi connectivity index (χ1v) is 10.8. The average Bonchev–Trinajstić information content (AvgIpc) is 3.23. The summed E-state index contributed by atoms with van der Waals surface area (Å²) in [6.45, 7) is 0.697. The molecule has 8 nitrogen and oxygen atoms in total. The van der Waals surface area contributed by atoms with Gasteiger partial charge in [-0.25, -0.2) is 21.8 Å². The van der Waals surface area contributed by atoms with Gasteiger partial charge in [-0.05, 0) is 42.7 Å². The monoisotopic (exact) mass is 417 g/mol. The molecule has 0 saturated carbocycles. The van der Waals surface area contributed by atoms with Crippen molar-refractivity contribution in [3.05, 3.63) is 66.2 Å². The minimum absolute atomic E-state index is 0.138. The van der Waals surface area contributed by atoms with E-state index >= 15 is 0 Å². The summed E-state index contributed by atoms with van der Waals surface area (Å²) in [5.41, 5.74) is 0.441. The van der Waals surface area contributed by atoms with Gasteiger partial charge in [0, 0.05) is 31.5 Å². The molecule has 2 aromatic heterocycles. The highest BCUT2D eigenvalue weighted by Gasteiger charge is 2.29. The van der Waals surface area contributed by atoms with Crippen LogP contribution in [0, 0.1) is 5.82 Å². The molecule has 4 rings (SSSR count). The van der Waals surface area contributed by atoms with Gasteiger partial charge >= 0.3 is 0 Å². The maximum atomic E-state index is 13.3. The first-order chi connectivity index (χ1) is 14.0. The van der Waals surface area contributed by atoms with Gasteiger partial charge in [-0.15, -0.1) is 10.2 Å². The Labute approximate surface area is 168 Å². The van der Waals surface area contributed by atoms with Gasteiger partial charge in [0.15, 0.2) is 5.82 Å². The Bertz CT molecular complexity index is 1050. The van der Waals surface area contributed by atoms with Crippen molar-refractivity contribution in [2.45, 2.75) is 24.7 Å². The summed E-state index contributed by atoms with van der Waals surface area (Å²) < 4.78 is 47.4. The zero-order valence-electron chi connectivity index (χ0n) is 15.6. The number of ether oxygens (including phenoxy) is 1. The highest BCUT2D eigenvalue weighted by molar-refractivity contribution is 7.88. The molecular weight excluding hydrogens is 397 g/mol. The molecule has 1 aliphatic heterocycles. The van der Waals surface area contributed by atoms with E-state index in [-0.39, 0.29) is 11.9 Å². The lowest BCUT2D eigenvalue weighted by atomic mass is 10.1. The van der Waals surface area contributed by atoms with Crippen molar-refractivity contribution in [1.29, 1.82) is 0 Å². The lowest BCUT2D eigenvalue weighted by Gasteiger charge is -2.31. The zero-order chi connectivity index (χ0) is 20.3. The SMILES string of the molecule is O=S(=O)(Cc1cccc(F)c1)N1CCC(Oc2ccc(-n3cccn3)nn2)CC1. The van der Waals surface area contributed by atoms with Crippen LogP contribution in [-0.4, -0.2) is 51.9 Å². The molecule has 0 radical (unpaired) electrons. The minimum Gasteiger partial charge on any atom is -0.473 e. The van der Waals surface area contributed by atoms with E-state index in [2.05, 4.69) is 15.3 Å². The molecule has 0 aliphatic carbocycles. The van der Waals surface area contributed by atoms with Crippen LogP contribution in [0.3, 0.4) is 0 Å². The molecule has 29 heavy (non-hydrogen) atoms. The molecule has 0 spiro atoms. The molecule has 3 heterocycles. The van der Waals surface area contributed by atoms with Crippen molar-refractivity contribution in [2.75, 3.05) is 13.1 Å². The fraction of sp³-hybridized carbons (Fsp3) is 0.316. The van der Waals surface area contributed by atoms with Crippen LogP contribution in [0.15, 0.2) is 54.9 Å². The Morgan fingerprint density at radius 2 is 1.93 bits per heavy atom. The maximum absolute atomic E-state index is 13.3. The van der Waals surface area contributed by atoms with Crippen LogP contribution in [0.5, 0.6) is 5.88 Å². The number of nitrogens with zero attached hydrogens (tertiary/aromatic N) is 5. The molecule has 0 atom stereocenters. The summed E-state index contributed by atoms with van der Waals surface area (Å²) in [7, 11) is -3.51. The number of sulfonamides is 1. The van der Waals surface area contributed by atoms with Gasteiger partial charge in [0.25, 0.3) is 0 Å². The molecule has 1 aromatic carbocycles. The predicted molar refractivity (Wildman–Crippen MR) is 103 cm³/mol. The Hall–Kier alpha value is -2.85. The Balaban J connectivity index is 1.32. The third-order valence-electron chi connectivity index (χ3n) is 4.68. The van der Waals surface area contributed by atoms with Crippen LogP contribution in [0.25, 0.3) is 5.82 Å². The third-order valence-corrected chi connectivity index (χ3v) is 6.54. The van der Waals surface area contributed by atoms with Crippen LogP contribution in [0.1, 0.15) is 18.4 Å². The molecule has 1 saturated heterocycles. The van der Waals surface area contributed by atoms with Crippen LogP contribution in [0.4, 0.5) is 4.39 Å². The van der Waals surface area contributed by atoms with E-state index in [4.69, 9.17) is 4.74 Å². The summed E-state index contributed by atoms with van der Waals surface area (Å²) in [6.07, 6.45) is 4.38. The number of hydrogen-bond donors (Lipinski definition) is 0. The van der Waals surface area contributed by atoms with Gasteiger partial charge in [-0.1, -0.05) is 12.1 Å². The smallest absolute Gasteiger partial charge is 0.233 e. The second-order valence-electron chi connectivity index (χ2n) is 6.78. The summed E-state index contributed by atoms with van der Waals surface area (Å²) in [5.74, 6) is 0.323. The predicted octanol–water partition coefficient (Wildman–Crippen LogP) is 2.17. The van der Waals surface area contributed by atoms with Crippen LogP contribution in [-0.2, 0) is 15.8 Å². The van der Waals surface area contributed by atoms with E-state index in [1.54, 1.807) is 41.3 Å². The standard InChI is InChI=1S/C19H20FN5O3S/c20-16-4-1-3-15(13-16)14-29(26,27)24-11-7-17(8-12-24)28-19-6-5-18(22-23-19)25-10-2-9-21-25/h1-6,9-10,13,17H,7-8,11-12,14H2. The van der Waals surface area contributed by atoms with Gasteiger partial charge < -0.3 is 4.74 Å². The number of aromatic nitrogens is 4. The van der Waals surface area contributed by atoms with E-state index in [0.29, 0.717) is 43.2 Å². The van der Waals surface area contributed by atoms with Gasteiger partial charge in [-0.2, -0.15) is 5.10 Å². The summed E-state index contributed by atoms with van der Waals surface area (Å²) in [6, 6.07) is 10.9. The summed E-state index contributed by atoms with van der Waals surface area (Å²) >= 11 is 0. The maximum Gasteiger partial charge on any atom is 0.233 e. The zero-order valence-corrected chi connectivity index (χ0v) is 16.4. The molecule has 152 valence electrons. The molecule has 0 amide bonds. The first-order valence-electron chi connectivity index (χ1n) is 9.22. The fourth-order valence-electron chi connectivity index (χ4n) is 3.23. The van der Waals surface area contributed by atoms with Gasteiger partial charge in [0.05, 0.1) is 5.75 Å². The van der Waals surface area contributed by atoms with E-state index in [0.717, 1.165) is 0 Å². The molecule has 10 heteroatoms. The van der Waals surface area contributed by atoms with Crippen LogP contribution < -0.4 is 4.74 Å². The molecule has 1 fully saturated rings. The van der Waals surface area contributed by atoms with Gasteiger partial charge in [0.1, 0.15) is 11.9 Å². The Morgan fingerprint density at radius 3 is 2.59 bits per heavy atom. The number of benzene rings is 1. The summed E-state index contributed by atoms with van der Waals surface area (Å²) in [5, 5.41) is 12.2. The molecule has 0 N–H and O–H groups in total. The second-order valence-corrected chi connectivity index (χ2v) is 8.75. The fourth-order valence-corrected chi connectivity index (χ4v) is 4.78. The van der Waals surface area contributed by atoms with E-state index < -0.39 is 15.8 Å². The number of rotatable bonds is 6. The Kier molecular flexibility index (Phi) is 5.54. The molecule has 0 bridgehead atoms. The normalized spacial score (nSPS) is 16.0. The number of piperidine rings is 1. The average molecular weight is 417 g/mol. The van der Waals surface area contributed by atoms with E-state index in [1.807, 2.05) is 0 Å². The second kappa shape index (κ2) is 8.26. The van der Waals surface area contributed by atoms with Crippen molar-refractivity contribution in [3.63, 3.8) is 0 Å². The largest absolute Gasteiger partial charge is 0.473 e. The number of hydrogen-bond acceptors (Lipinski definition) is 6. The first kappa shape index (κ1) is 19.5. The summed E-state index contributed by atoms with van der Waals surface area (Å²) in [4.78, 5) is 0. The van der Waals surface area contributed by atoms with Crippen molar-refractivity contribution in [3.8, 4) is 11.7 Å². The molecular formula is C19H20FN5O3S. The highest BCUT2D eigenvalue weighted by atomic mass is 32.2. The van der Waals surface area contributed by atoms with Crippen molar-refractivity contribution in [1.82, 2.24) is 24.3 Å². The van der Waals surface area contributed by atoms with Crippen molar-refractivity contribution >= 4 is 10.0 Å². The van der Waals surface area contributed by atoms with Gasteiger partial charge in [-0.3, -0.25) is 0 Å². The molecule has 3 aromatic rings. The quantitative estimate of drug-likeness (QED) is 0.611. The van der Waals surface area contributed by atoms with E-state index in [1.165, 1.54) is 22.5 Å². The topological polar surface area (TPSA) is 90.2 Å². The van der Waals surface area contributed by atoms with Gasteiger partial charge in [0.2, 0.25) is 15.9 Å². The minimum atomic E-state index is -3.51. The third kappa shape index (κ3) is 4.77. The van der Waals surface area contributed by atoms with Crippen molar-refractivity contribution in [2.24, 2.45) is 0 Å². The van der Waals surface area contributed by atoms with Crippen molar-refractivity contribution < 1.29 is 17.5 Å². The van der Waals surface area contributed by atoms with E-state index in [9.17, 15) is 12.8 Å².